The van der Waals surface area contributed by atoms with Gasteiger partial charge in [0.2, 0.25) is 5.88 Å². The molecule has 2 aromatic rings. The summed E-state index contributed by atoms with van der Waals surface area (Å²) in [5.41, 5.74) is 7.53. The highest BCUT2D eigenvalue weighted by molar-refractivity contribution is 9.10. The zero-order valence-corrected chi connectivity index (χ0v) is 15.6. The second kappa shape index (κ2) is 6.80. The Morgan fingerprint density at radius 1 is 1.17 bits per heavy atom. The van der Waals surface area contributed by atoms with Gasteiger partial charge in [-0.1, -0.05) is 44.0 Å². The van der Waals surface area contributed by atoms with Crippen molar-refractivity contribution < 1.29 is 9.53 Å². The predicted molar refractivity (Wildman–Crippen MR) is 97.4 cm³/mol. The molecule has 0 saturated carbocycles. The van der Waals surface area contributed by atoms with Gasteiger partial charge in [-0.25, -0.2) is 0 Å². The molecule has 0 radical (unpaired) electrons. The largest absolute Gasteiger partial charge is 0.440 e. The van der Waals surface area contributed by atoms with Gasteiger partial charge in [0.1, 0.15) is 11.8 Å². The zero-order valence-electron chi connectivity index (χ0n) is 12.4. The normalized spacial score (nSPS) is 16.1. The average Bonchev–Trinajstić information content (AvgIpc) is 2.56. The number of ether oxygens (including phenoxy) is 1. The van der Waals surface area contributed by atoms with E-state index in [4.69, 9.17) is 10.5 Å². The van der Waals surface area contributed by atoms with Crippen LogP contribution in [-0.4, -0.2) is 5.78 Å². The molecule has 1 aliphatic heterocycles. The summed E-state index contributed by atoms with van der Waals surface area (Å²) in [6.45, 7) is 0. The minimum absolute atomic E-state index is 0.0547. The highest BCUT2D eigenvalue weighted by atomic mass is 79.9. The Hall–Kier alpha value is -2.10. The van der Waals surface area contributed by atoms with Crippen molar-refractivity contribution in [2.45, 2.75) is 12.3 Å². The number of halogens is 2. The Morgan fingerprint density at radius 3 is 2.50 bits per heavy atom. The number of nitrogens with zero attached hydrogens (tertiary/aromatic N) is 1. The van der Waals surface area contributed by atoms with Gasteiger partial charge in [-0.2, -0.15) is 5.26 Å². The summed E-state index contributed by atoms with van der Waals surface area (Å²) in [5, 5.41) is 9.45. The number of carbonyl (C=O) groups is 1. The Morgan fingerprint density at radius 2 is 1.83 bits per heavy atom. The molecule has 0 spiro atoms. The third-order valence-electron chi connectivity index (χ3n) is 3.86. The van der Waals surface area contributed by atoms with Gasteiger partial charge in [-0.05, 0) is 30.3 Å². The van der Waals surface area contributed by atoms with E-state index >= 15 is 0 Å². The zero-order chi connectivity index (χ0) is 17.3. The smallest absolute Gasteiger partial charge is 0.205 e. The second-order valence-electron chi connectivity index (χ2n) is 5.36. The van der Waals surface area contributed by atoms with Crippen LogP contribution in [0.1, 0.15) is 28.3 Å². The molecule has 0 bridgehead atoms. The van der Waals surface area contributed by atoms with E-state index in [0.717, 1.165) is 14.5 Å². The maximum absolute atomic E-state index is 12.6. The Balaban J connectivity index is 1.99. The van der Waals surface area contributed by atoms with Crippen LogP contribution >= 0.6 is 31.9 Å². The molecule has 2 N–H and O–H groups in total. The molecular formula is C18H12Br2N2O2. The van der Waals surface area contributed by atoms with Crippen molar-refractivity contribution in [2.75, 3.05) is 0 Å². The van der Waals surface area contributed by atoms with Gasteiger partial charge in [0.05, 0.1) is 5.57 Å². The van der Waals surface area contributed by atoms with E-state index in [2.05, 4.69) is 37.9 Å². The monoisotopic (exact) mass is 446 g/mol. The third-order valence-corrected chi connectivity index (χ3v) is 4.88. The highest BCUT2D eigenvalue weighted by Gasteiger charge is 2.31. The van der Waals surface area contributed by atoms with E-state index in [1.165, 1.54) is 0 Å². The first-order valence-corrected chi connectivity index (χ1v) is 8.74. The lowest BCUT2D eigenvalue weighted by atomic mass is 9.84. The summed E-state index contributed by atoms with van der Waals surface area (Å²) in [6.07, 6.45) is 0.151. The van der Waals surface area contributed by atoms with E-state index in [9.17, 15) is 10.1 Å². The number of hydrogen-bond acceptors (Lipinski definition) is 4. The minimum atomic E-state index is -0.424. The van der Waals surface area contributed by atoms with E-state index in [-0.39, 0.29) is 23.7 Å². The number of allylic oxidation sites excluding steroid dienone is 1. The van der Waals surface area contributed by atoms with Gasteiger partial charge < -0.3 is 10.5 Å². The fourth-order valence-corrected chi connectivity index (χ4v) is 3.31. The van der Waals surface area contributed by atoms with Gasteiger partial charge in [-0.3, -0.25) is 4.79 Å². The molecule has 0 fully saturated rings. The first-order valence-electron chi connectivity index (χ1n) is 7.15. The molecule has 6 heteroatoms. The van der Waals surface area contributed by atoms with Gasteiger partial charge >= 0.3 is 0 Å². The number of benzene rings is 2. The molecule has 0 amide bonds. The molecule has 0 aliphatic carbocycles. The maximum atomic E-state index is 12.6. The molecule has 1 atom stereocenters. The standard InChI is InChI=1S/C18H12Br2N2O2/c19-11-3-1-10(2-4-11)16(23)8-13-14-7-12(20)5-6-17(14)24-18(22)15(13)9-21/h1-7,13H,8,22H2. The molecule has 1 heterocycles. The summed E-state index contributed by atoms with van der Waals surface area (Å²) in [5.74, 6) is 0.150. The van der Waals surface area contributed by atoms with Crippen LogP contribution in [0, 0.1) is 11.3 Å². The molecule has 3 rings (SSSR count). The molecule has 1 aliphatic rings. The lowest BCUT2D eigenvalue weighted by Crippen LogP contribution is -2.22. The van der Waals surface area contributed by atoms with Gasteiger partial charge in [-0.15, -0.1) is 0 Å². The molecule has 2 aromatic carbocycles. The predicted octanol–water partition coefficient (Wildman–Crippen LogP) is 4.65. The molecule has 24 heavy (non-hydrogen) atoms. The topological polar surface area (TPSA) is 76.1 Å². The van der Waals surface area contributed by atoms with E-state index in [1.807, 2.05) is 24.3 Å². The van der Waals surface area contributed by atoms with Gasteiger partial charge in [0.25, 0.3) is 0 Å². The van der Waals surface area contributed by atoms with Gasteiger partial charge in [0.15, 0.2) is 5.78 Å². The number of carbonyl (C=O) groups excluding carboxylic acids is 1. The summed E-state index contributed by atoms with van der Waals surface area (Å²) < 4.78 is 7.27. The second-order valence-corrected chi connectivity index (χ2v) is 7.19. The highest BCUT2D eigenvalue weighted by Crippen LogP contribution is 2.41. The summed E-state index contributed by atoms with van der Waals surface area (Å²) in [7, 11) is 0. The van der Waals surface area contributed by atoms with E-state index in [0.29, 0.717) is 11.3 Å². The van der Waals surface area contributed by atoms with Crippen LogP contribution in [-0.2, 0) is 0 Å². The molecule has 4 nitrogen and oxygen atoms in total. The van der Waals surface area contributed by atoms with E-state index in [1.54, 1.807) is 18.2 Å². The summed E-state index contributed by atoms with van der Waals surface area (Å²) >= 11 is 6.77. The lowest BCUT2D eigenvalue weighted by Gasteiger charge is -2.25. The Kier molecular flexibility index (Phi) is 4.74. The van der Waals surface area contributed by atoms with Crippen molar-refractivity contribution in [1.29, 1.82) is 5.26 Å². The average molecular weight is 448 g/mol. The van der Waals surface area contributed by atoms with Crippen LogP contribution < -0.4 is 10.5 Å². The lowest BCUT2D eigenvalue weighted by molar-refractivity contribution is 0.0976. The van der Waals surface area contributed by atoms with Crippen molar-refractivity contribution in [3.05, 3.63) is 74.0 Å². The number of hydrogen-bond donors (Lipinski definition) is 1. The number of nitriles is 1. The molecule has 0 aromatic heterocycles. The first kappa shape index (κ1) is 16.7. The molecule has 120 valence electrons. The third kappa shape index (κ3) is 3.23. The SMILES string of the molecule is N#CC1=C(N)Oc2ccc(Br)cc2C1CC(=O)c1ccc(Br)cc1. The number of rotatable bonds is 3. The fraction of sp³-hybridized carbons (Fsp3) is 0.111. The van der Waals surface area contributed by atoms with Crippen LogP contribution in [0.3, 0.4) is 0 Å². The van der Waals surface area contributed by atoms with Crippen LogP contribution in [0.4, 0.5) is 0 Å². The number of ketones is 1. The molecular weight excluding hydrogens is 436 g/mol. The van der Waals surface area contributed by atoms with E-state index < -0.39 is 5.92 Å². The van der Waals surface area contributed by atoms with Crippen LogP contribution in [0.5, 0.6) is 5.75 Å². The fourth-order valence-electron chi connectivity index (χ4n) is 2.67. The number of fused-ring (bicyclic) bond motifs is 1. The summed E-state index contributed by atoms with van der Waals surface area (Å²) in [4.78, 5) is 12.6. The van der Waals surface area contributed by atoms with Crippen LogP contribution in [0.15, 0.2) is 62.9 Å². The Labute approximate surface area is 156 Å². The van der Waals surface area contributed by atoms with Crippen molar-refractivity contribution in [1.82, 2.24) is 0 Å². The number of Topliss-reactive ketones (excluding diaryl/α,β-unsaturated/α-hetero) is 1. The van der Waals surface area contributed by atoms with Crippen molar-refractivity contribution in [2.24, 2.45) is 5.73 Å². The maximum Gasteiger partial charge on any atom is 0.205 e. The van der Waals surface area contributed by atoms with Gasteiger partial charge in [0, 0.05) is 32.4 Å². The van der Waals surface area contributed by atoms with Crippen molar-refractivity contribution in [3.8, 4) is 11.8 Å². The molecule has 1 unspecified atom stereocenters. The van der Waals surface area contributed by atoms with Crippen molar-refractivity contribution in [3.63, 3.8) is 0 Å². The minimum Gasteiger partial charge on any atom is -0.440 e. The molecule has 0 saturated heterocycles. The Bertz CT molecular complexity index is 883. The first-order chi connectivity index (χ1) is 11.5. The van der Waals surface area contributed by atoms with Crippen LogP contribution in [0.25, 0.3) is 0 Å². The van der Waals surface area contributed by atoms with Crippen LogP contribution in [0.2, 0.25) is 0 Å². The summed E-state index contributed by atoms with van der Waals surface area (Å²) in [6, 6.07) is 14.7. The van der Waals surface area contributed by atoms with Crippen molar-refractivity contribution >= 4 is 37.6 Å². The number of nitrogens with two attached hydrogens (primary N) is 1. The quantitative estimate of drug-likeness (QED) is 0.694.